The van der Waals surface area contributed by atoms with E-state index in [2.05, 4.69) is 0 Å². The summed E-state index contributed by atoms with van der Waals surface area (Å²) in [6.07, 6.45) is -53.7. The van der Waals surface area contributed by atoms with Crippen molar-refractivity contribution in [2.75, 3.05) is 26.4 Å². The average Bonchev–Trinajstić information content (AvgIpc) is 3.28. The normalized spacial score (nSPS) is 54.6. The summed E-state index contributed by atoms with van der Waals surface area (Å²) in [7, 11) is 0. The molecule has 0 saturated carbocycles. The van der Waals surface area contributed by atoms with Gasteiger partial charge in [0.1, 0.15) is 134 Å². The van der Waals surface area contributed by atoms with Crippen LogP contribution in [0.2, 0.25) is 0 Å². The molecule has 6 rings (SSSR count). The molecule has 0 aliphatic carbocycles. The molecule has 65 heavy (non-hydrogen) atoms. The van der Waals surface area contributed by atoms with E-state index >= 15 is 0 Å². The highest BCUT2D eigenvalue weighted by atomic mass is 16.8. The lowest BCUT2D eigenvalue weighted by molar-refractivity contribution is -0.394. The van der Waals surface area contributed by atoms with Gasteiger partial charge in [0.15, 0.2) is 37.7 Å². The second-order valence-electron chi connectivity index (χ2n) is 16.8. The van der Waals surface area contributed by atoms with Gasteiger partial charge in [0.2, 0.25) is 0 Å². The van der Waals surface area contributed by atoms with E-state index in [0.717, 1.165) is 0 Å². The van der Waals surface area contributed by atoms with Crippen LogP contribution in [0.25, 0.3) is 0 Å². The Labute approximate surface area is 368 Å². The Kier molecular flexibility index (Phi) is 18.2. The van der Waals surface area contributed by atoms with Crippen LogP contribution >= 0.6 is 0 Å². The zero-order valence-electron chi connectivity index (χ0n) is 34.7. The van der Waals surface area contributed by atoms with Gasteiger partial charge in [-0.2, -0.15) is 0 Å². The molecule has 6 fully saturated rings. The molecule has 29 heteroatoms. The fourth-order valence-corrected chi connectivity index (χ4v) is 8.32. The summed E-state index contributed by atoms with van der Waals surface area (Å²) < 4.78 is 61.6. The first-order valence-corrected chi connectivity index (χ1v) is 20.8. The lowest BCUT2D eigenvalue weighted by Gasteiger charge is -2.49. The smallest absolute Gasteiger partial charge is 0.187 e. The number of hydrogen-bond donors (Lipinski definition) is 18. The van der Waals surface area contributed by atoms with E-state index in [0.29, 0.717) is 0 Å². The first-order chi connectivity index (χ1) is 30.6. The van der Waals surface area contributed by atoms with Crippen LogP contribution in [0.4, 0.5) is 0 Å². The second kappa shape index (κ2) is 22.3. The fraction of sp³-hybridized carbons (Fsp3) is 1.00. The summed E-state index contributed by atoms with van der Waals surface area (Å²) in [5.74, 6) is 0. The molecule has 6 saturated heterocycles. The number of ether oxygens (including phenoxy) is 11. The molecule has 0 spiro atoms. The zero-order chi connectivity index (χ0) is 47.9. The molecule has 380 valence electrons. The predicted molar refractivity (Wildman–Crippen MR) is 196 cm³/mol. The van der Waals surface area contributed by atoms with Crippen LogP contribution in [0, 0.1) is 0 Å². The zero-order valence-corrected chi connectivity index (χ0v) is 34.7. The van der Waals surface area contributed by atoms with Crippen LogP contribution in [-0.2, 0) is 52.1 Å². The Morgan fingerprint density at radius 1 is 0.308 bits per heavy atom. The highest BCUT2D eigenvalue weighted by molar-refractivity contribution is 4.99. The van der Waals surface area contributed by atoms with Crippen molar-refractivity contribution < 1.29 is 144 Å². The summed E-state index contributed by atoms with van der Waals surface area (Å²) in [5, 5.41) is 189. The SMILES string of the molecule is C[C@@H]1O[C@@H](O[C@H]2C(O)O[C@H](CO)[C@@H](O[C@@H]3O[C@@H](C)[C@H](O[C@@H]4O[C@H](CO[C@@H]5O[C@H](CO)[C@@H](O)[C@H](O)[C@H]5O)[C@@H](O[C@@H]5O[C@H](CO)[C@@H](O)[C@H](O)[C@H]5O)[C@H](O)[C@H]4O)[C@@H](O)[C@H]3O)[C@@H]2O)[C@H](O)[C@H](O)[C@H]1O. The van der Waals surface area contributed by atoms with Gasteiger partial charge in [0.25, 0.3) is 0 Å². The van der Waals surface area contributed by atoms with Crippen molar-refractivity contribution >= 4 is 0 Å². The minimum absolute atomic E-state index is 0.823. The number of rotatable bonds is 14. The topological polar surface area (TPSA) is 466 Å². The van der Waals surface area contributed by atoms with E-state index in [4.69, 9.17) is 52.1 Å². The van der Waals surface area contributed by atoms with Crippen LogP contribution in [0.5, 0.6) is 0 Å². The molecule has 0 amide bonds. The lowest BCUT2D eigenvalue weighted by Crippen LogP contribution is -2.67. The Balaban J connectivity index is 1.16. The maximum atomic E-state index is 11.4. The highest BCUT2D eigenvalue weighted by Crippen LogP contribution is 2.36. The van der Waals surface area contributed by atoms with Gasteiger partial charge in [-0.25, -0.2) is 0 Å². The summed E-state index contributed by atoms with van der Waals surface area (Å²) in [5.41, 5.74) is 0. The third-order valence-electron chi connectivity index (χ3n) is 12.3. The van der Waals surface area contributed by atoms with Gasteiger partial charge < -0.3 is 144 Å². The Bertz CT molecular complexity index is 1470. The molecule has 0 aromatic rings. The van der Waals surface area contributed by atoms with Crippen LogP contribution in [-0.4, -0.2) is 303 Å². The quantitative estimate of drug-likeness (QED) is 0.0768. The van der Waals surface area contributed by atoms with Gasteiger partial charge in [0, 0.05) is 0 Å². The Hall–Kier alpha value is -1.16. The van der Waals surface area contributed by atoms with Crippen molar-refractivity contribution in [3.05, 3.63) is 0 Å². The first kappa shape index (κ1) is 53.2. The monoisotopic (exact) mass is 958 g/mol. The van der Waals surface area contributed by atoms with E-state index in [1.54, 1.807) is 0 Å². The van der Waals surface area contributed by atoms with Crippen molar-refractivity contribution in [1.29, 1.82) is 0 Å². The molecule has 0 aromatic carbocycles. The molecule has 6 heterocycles. The molecule has 1 unspecified atom stereocenters. The number of aliphatic hydroxyl groups is 18. The van der Waals surface area contributed by atoms with Crippen molar-refractivity contribution in [1.82, 2.24) is 0 Å². The maximum Gasteiger partial charge on any atom is 0.187 e. The number of aliphatic hydroxyl groups excluding tert-OH is 18. The lowest BCUT2D eigenvalue weighted by atomic mass is 9.95. The molecule has 18 N–H and O–H groups in total. The summed E-state index contributed by atoms with van der Waals surface area (Å²) in [6, 6.07) is 0. The van der Waals surface area contributed by atoms with Crippen molar-refractivity contribution in [2.45, 2.75) is 198 Å². The van der Waals surface area contributed by atoms with Gasteiger partial charge in [-0.05, 0) is 13.8 Å². The minimum Gasteiger partial charge on any atom is -0.394 e. The minimum atomic E-state index is -2.14. The molecular weight excluding hydrogens is 896 g/mol. The van der Waals surface area contributed by atoms with Crippen molar-refractivity contribution in [2.24, 2.45) is 0 Å². The van der Waals surface area contributed by atoms with Gasteiger partial charge >= 0.3 is 0 Å². The Morgan fingerprint density at radius 2 is 0.677 bits per heavy atom. The van der Waals surface area contributed by atoms with E-state index < -0.39 is 211 Å². The highest BCUT2D eigenvalue weighted by Gasteiger charge is 2.56. The maximum absolute atomic E-state index is 11.4. The molecule has 29 nitrogen and oxygen atoms in total. The average molecular weight is 959 g/mol. The Morgan fingerprint density at radius 3 is 1.20 bits per heavy atom. The third-order valence-corrected chi connectivity index (χ3v) is 12.3. The van der Waals surface area contributed by atoms with Gasteiger partial charge in [-0.3, -0.25) is 0 Å². The van der Waals surface area contributed by atoms with E-state index in [9.17, 15) is 91.9 Å². The molecule has 0 bridgehead atoms. The van der Waals surface area contributed by atoms with Crippen LogP contribution in [0.15, 0.2) is 0 Å². The first-order valence-electron chi connectivity index (χ1n) is 20.8. The third kappa shape index (κ3) is 10.9. The van der Waals surface area contributed by atoms with Crippen molar-refractivity contribution in [3.8, 4) is 0 Å². The van der Waals surface area contributed by atoms with Crippen molar-refractivity contribution in [3.63, 3.8) is 0 Å². The molecule has 0 aromatic heterocycles. The predicted octanol–water partition coefficient (Wildman–Crippen LogP) is -12.0. The summed E-state index contributed by atoms with van der Waals surface area (Å²) >= 11 is 0. The van der Waals surface area contributed by atoms with E-state index in [-0.39, 0.29) is 0 Å². The standard InChI is InChI=1S/C36H62O29/c1-7-13(40)16(43)22(49)33(56-7)65-30-26(53)28(11(5-39)58-31(30)54)63-34-24(51)19(46)27(8(2)57-34)62-36-25(52)20(47)29(64-35-23(50)18(45)15(42)10(4-38)60-35)12(61-36)6-55-32-21(48)17(44)14(41)9(3-37)59-32/h7-54H,3-6H2,1-2H3/t7-,8-,9+,10+,11+,12+,13-,14+,15+,16+,17-,18-,19-,20+,21+,22+,23+,24+,25+,26-,27-,28+,29+,30+,31?,32+,33-,34-,35-,36-/m0/s1. The van der Waals surface area contributed by atoms with Crippen LogP contribution < -0.4 is 0 Å². The van der Waals surface area contributed by atoms with E-state index in [1.807, 2.05) is 0 Å². The largest absolute Gasteiger partial charge is 0.394 e. The van der Waals surface area contributed by atoms with E-state index in [1.165, 1.54) is 13.8 Å². The van der Waals surface area contributed by atoms with Gasteiger partial charge in [0.05, 0.1) is 38.6 Å². The molecule has 6 aliphatic rings. The molecule has 6 aliphatic heterocycles. The summed E-state index contributed by atoms with van der Waals surface area (Å²) in [6.45, 7) is -0.776. The summed E-state index contributed by atoms with van der Waals surface area (Å²) in [4.78, 5) is 0. The van der Waals surface area contributed by atoms with Gasteiger partial charge in [-0.15, -0.1) is 0 Å². The van der Waals surface area contributed by atoms with Gasteiger partial charge in [-0.1, -0.05) is 0 Å². The molecule has 0 radical (unpaired) electrons. The van der Waals surface area contributed by atoms with Crippen LogP contribution in [0.3, 0.4) is 0 Å². The number of hydrogen-bond acceptors (Lipinski definition) is 29. The van der Waals surface area contributed by atoms with Crippen LogP contribution in [0.1, 0.15) is 13.8 Å². The molecule has 30 atom stereocenters. The fourth-order valence-electron chi connectivity index (χ4n) is 8.32. The second-order valence-corrected chi connectivity index (χ2v) is 16.8. The molecular formula is C36H62O29.